The van der Waals surface area contributed by atoms with Gasteiger partial charge < -0.3 is 4.57 Å². The topological polar surface area (TPSA) is 22.8 Å². The van der Waals surface area contributed by atoms with Crippen LogP contribution < -0.4 is 0 Å². The zero-order valence-electron chi connectivity index (χ0n) is 22.0. The second-order valence-corrected chi connectivity index (χ2v) is 11.5. The second kappa shape index (κ2) is 8.65. The summed E-state index contributed by atoms with van der Waals surface area (Å²) in [6, 6.07) is 48.1. The molecule has 0 N–H and O–H groups in total. The number of hydrogen-bond donors (Lipinski definition) is 0. The Morgan fingerprint density at radius 1 is 0.463 bits per heavy atom. The van der Waals surface area contributed by atoms with E-state index in [0.717, 1.165) is 11.3 Å². The van der Waals surface area contributed by atoms with Crippen molar-refractivity contribution in [3.8, 4) is 21.9 Å². The van der Waals surface area contributed by atoms with Crippen LogP contribution in [0.4, 0.5) is 0 Å². The zero-order valence-corrected chi connectivity index (χ0v) is 22.8. The molecule has 4 aromatic heterocycles. The third kappa shape index (κ3) is 3.35. The van der Waals surface area contributed by atoms with Gasteiger partial charge in [0.25, 0.3) is 0 Å². The molecule has 0 atom stereocenters. The van der Waals surface area contributed by atoms with Gasteiger partial charge in [0.1, 0.15) is 10.8 Å². The third-order valence-corrected chi connectivity index (χ3v) is 9.29. The van der Waals surface area contributed by atoms with Crippen molar-refractivity contribution >= 4 is 65.0 Å². The van der Waals surface area contributed by atoms with E-state index in [1.165, 1.54) is 64.3 Å². The van der Waals surface area contributed by atoms with Gasteiger partial charge in [-0.2, -0.15) is 0 Å². The van der Waals surface area contributed by atoms with Gasteiger partial charge in [-0.15, -0.1) is 11.3 Å². The van der Waals surface area contributed by atoms with Gasteiger partial charge in [-0.25, -0.2) is 4.98 Å². The SMILES string of the molecule is c1ccc(-n2c3ccccc3c3cc(-c4ccc5c(c4)c4ccccc4n5-c4cc5ccccc5s4)ccc32)nc1. The van der Waals surface area contributed by atoms with Crippen molar-refractivity contribution < 1.29 is 0 Å². The Kier molecular flexibility index (Phi) is 4.77. The molecule has 0 aliphatic carbocycles. The Hall–Kier alpha value is -5.19. The second-order valence-electron chi connectivity index (χ2n) is 10.5. The van der Waals surface area contributed by atoms with Crippen molar-refractivity contribution in [3.63, 3.8) is 0 Å². The molecule has 4 heterocycles. The van der Waals surface area contributed by atoms with E-state index in [0.29, 0.717) is 0 Å². The Bertz CT molecular complexity index is 2390. The third-order valence-electron chi connectivity index (χ3n) is 8.19. The molecule has 0 aliphatic heterocycles. The maximum Gasteiger partial charge on any atom is 0.137 e. The predicted octanol–water partition coefficient (Wildman–Crippen LogP) is 10.2. The van der Waals surface area contributed by atoms with E-state index in [9.17, 15) is 0 Å². The van der Waals surface area contributed by atoms with E-state index in [-0.39, 0.29) is 0 Å². The number of nitrogens with zero attached hydrogens (tertiary/aromatic N) is 3. The minimum Gasteiger partial charge on any atom is -0.301 e. The monoisotopic (exact) mass is 541 g/mol. The fraction of sp³-hybridized carbons (Fsp3) is 0. The first-order valence-electron chi connectivity index (χ1n) is 13.8. The summed E-state index contributed by atoms with van der Waals surface area (Å²) in [6.07, 6.45) is 1.86. The molecular weight excluding hydrogens is 518 g/mol. The highest BCUT2D eigenvalue weighted by atomic mass is 32.1. The van der Waals surface area contributed by atoms with E-state index < -0.39 is 0 Å². The molecule has 41 heavy (non-hydrogen) atoms. The standard InChI is InChI=1S/C37H23N3S/c1-6-14-35-26(9-1)23-37(41-35)40-32-13-5-3-11-28(32)30-22-25(17-19-34(30)40)24-16-18-33-29(21-24)27-10-2-4-12-31(27)39(33)36-15-7-8-20-38-36/h1-23H. The summed E-state index contributed by atoms with van der Waals surface area (Å²) in [5, 5.41) is 7.54. The molecule has 9 aromatic rings. The van der Waals surface area contributed by atoms with Crippen LogP contribution in [-0.2, 0) is 0 Å². The van der Waals surface area contributed by atoms with Gasteiger partial charge in [0, 0.05) is 32.4 Å². The molecule has 0 amide bonds. The van der Waals surface area contributed by atoms with Crippen LogP contribution in [0, 0.1) is 0 Å². The first-order chi connectivity index (χ1) is 20.3. The average molecular weight is 542 g/mol. The first kappa shape index (κ1) is 22.6. The molecule has 0 fully saturated rings. The van der Waals surface area contributed by atoms with E-state index in [2.05, 4.69) is 135 Å². The van der Waals surface area contributed by atoms with Crippen molar-refractivity contribution in [3.05, 3.63) is 140 Å². The molecule has 0 bridgehead atoms. The number of thiophene rings is 1. The summed E-state index contributed by atoms with van der Waals surface area (Å²) in [5.74, 6) is 0.932. The highest BCUT2D eigenvalue weighted by molar-refractivity contribution is 7.21. The summed E-state index contributed by atoms with van der Waals surface area (Å²) in [4.78, 5) is 4.67. The number of benzene rings is 5. The van der Waals surface area contributed by atoms with Gasteiger partial charge in [0.05, 0.1) is 22.1 Å². The summed E-state index contributed by atoms with van der Waals surface area (Å²) in [5.41, 5.74) is 7.22. The maximum absolute atomic E-state index is 4.67. The van der Waals surface area contributed by atoms with Crippen LogP contribution in [0.15, 0.2) is 140 Å². The Balaban J connectivity index is 1.26. The van der Waals surface area contributed by atoms with Gasteiger partial charge in [-0.3, -0.25) is 4.57 Å². The lowest BCUT2D eigenvalue weighted by Crippen LogP contribution is -1.96. The lowest BCUT2D eigenvalue weighted by molar-refractivity contribution is 1.08. The minimum atomic E-state index is 0.932. The van der Waals surface area contributed by atoms with Crippen LogP contribution in [0.3, 0.4) is 0 Å². The van der Waals surface area contributed by atoms with Gasteiger partial charge in [-0.1, -0.05) is 72.8 Å². The molecule has 0 saturated heterocycles. The molecule has 192 valence electrons. The fourth-order valence-corrected chi connectivity index (χ4v) is 7.44. The minimum absolute atomic E-state index is 0.932. The number of aromatic nitrogens is 3. The van der Waals surface area contributed by atoms with Gasteiger partial charge in [0.15, 0.2) is 0 Å². The number of fused-ring (bicyclic) bond motifs is 7. The lowest BCUT2D eigenvalue weighted by Gasteiger charge is -2.08. The maximum atomic E-state index is 4.67. The van der Waals surface area contributed by atoms with Crippen molar-refractivity contribution in [2.45, 2.75) is 0 Å². The molecule has 0 radical (unpaired) electrons. The molecule has 9 rings (SSSR count). The molecule has 0 spiro atoms. The van der Waals surface area contributed by atoms with E-state index in [1.807, 2.05) is 29.7 Å². The van der Waals surface area contributed by atoms with Crippen molar-refractivity contribution in [2.75, 3.05) is 0 Å². The summed E-state index contributed by atoms with van der Waals surface area (Å²) < 4.78 is 5.99. The Morgan fingerprint density at radius 2 is 1.05 bits per heavy atom. The van der Waals surface area contributed by atoms with E-state index >= 15 is 0 Å². The van der Waals surface area contributed by atoms with Crippen molar-refractivity contribution in [2.24, 2.45) is 0 Å². The molecular formula is C37H23N3S. The van der Waals surface area contributed by atoms with Crippen LogP contribution in [-0.4, -0.2) is 14.1 Å². The molecule has 0 aliphatic rings. The van der Waals surface area contributed by atoms with Crippen molar-refractivity contribution in [1.29, 1.82) is 0 Å². The molecule has 0 unspecified atom stereocenters. The van der Waals surface area contributed by atoms with Crippen LogP contribution in [0.2, 0.25) is 0 Å². The first-order valence-corrected chi connectivity index (χ1v) is 14.6. The molecule has 4 heteroatoms. The molecule has 0 saturated carbocycles. The number of hydrogen-bond acceptors (Lipinski definition) is 2. The predicted molar refractivity (Wildman–Crippen MR) is 174 cm³/mol. The van der Waals surface area contributed by atoms with Gasteiger partial charge in [-0.05, 0) is 77.2 Å². The molecule has 3 nitrogen and oxygen atoms in total. The molecule has 5 aromatic carbocycles. The summed E-state index contributed by atoms with van der Waals surface area (Å²) in [7, 11) is 0. The lowest BCUT2D eigenvalue weighted by atomic mass is 10.0. The zero-order chi connectivity index (χ0) is 26.9. The number of para-hydroxylation sites is 2. The summed E-state index contributed by atoms with van der Waals surface area (Å²) in [6.45, 7) is 0. The van der Waals surface area contributed by atoms with Crippen LogP contribution in [0.1, 0.15) is 0 Å². The fourth-order valence-electron chi connectivity index (χ4n) is 6.35. The van der Waals surface area contributed by atoms with Gasteiger partial charge >= 0.3 is 0 Å². The van der Waals surface area contributed by atoms with E-state index in [4.69, 9.17) is 0 Å². The van der Waals surface area contributed by atoms with Crippen molar-refractivity contribution in [1.82, 2.24) is 14.1 Å². The smallest absolute Gasteiger partial charge is 0.137 e. The van der Waals surface area contributed by atoms with Crippen LogP contribution in [0.5, 0.6) is 0 Å². The van der Waals surface area contributed by atoms with Gasteiger partial charge in [0.2, 0.25) is 0 Å². The normalized spacial score (nSPS) is 11.9. The largest absolute Gasteiger partial charge is 0.301 e. The quantitative estimate of drug-likeness (QED) is 0.218. The Morgan fingerprint density at radius 3 is 1.73 bits per heavy atom. The average Bonchev–Trinajstić information content (AvgIpc) is 3.70. The van der Waals surface area contributed by atoms with Crippen LogP contribution >= 0.6 is 11.3 Å². The van der Waals surface area contributed by atoms with Crippen LogP contribution in [0.25, 0.3) is 75.6 Å². The highest BCUT2D eigenvalue weighted by Crippen LogP contribution is 2.39. The number of pyridine rings is 1. The highest BCUT2D eigenvalue weighted by Gasteiger charge is 2.17. The van der Waals surface area contributed by atoms with E-state index in [1.54, 1.807) is 0 Å². The Labute approximate surface area is 240 Å². The summed E-state index contributed by atoms with van der Waals surface area (Å²) >= 11 is 1.84. The number of rotatable bonds is 3.